The van der Waals surface area contributed by atoms with E-state index in [9.17, 15) is 13.2 Å². The van der Waals surface area contributed by atoms with Crippen LogP contribution in [0.3, 0.4) is 0 Å². The topological polar surface area (TPSA) is 76.1 Å². The molecule has 1 amide bonds. The SMILES string of the molecule is CCCc1nc(CS(=O)(=O)C(C)C(=O)NCC(C)C)cs1. The van der Waals surface area contributed by atoms with E-state index in [2.05, 4.69) is 17.2 Å². The van der Waals surface area contributed by atoms with Crippen LogP contribution in [-0.2, 0) is 26.8 Å². The molecule has 0 bridgehead atoms. The van der Waals surface area contributed by atoms with Crippen molar-refractivity contribution in [3.63, 3.8) is 0 Å². The molecule has 0 aliphatic carbocycles. The van der Waals surface area contributed by atoms with Gasteiger partial charge in [-0.1, -0.05) is 20.8 Å². The number of carbonyl (C=O) groups excluding carboxylic acids is 1. The van der Waals surface area contributed by atoms with Gasteiger partial charge in [-0.15, -0.1) is 11.3 Å². The second-order valence-electron chi connectivity index (χ2n) is 5.57. The first kappa shape index (κ1) is 18.1. The fourth-order valence-electron chi connectivity index (χ4n) is 1.69. The second-order valence-corrected chi connectivity index (χ2v) is 8.84. The minimum Gasteiger partial charge on any atom is -0.355 e. The van der Waals surface area contributed by atoms with Crippen LogP contribution in [0.5, 0.6) is 0 Å². The highest BCUT2D eigenvalue weighted by Crippen LogP contribution is 2.16. The lowest BCUT2D eigenvalue weighted by atomic mass is 10.2. The molecule has 120 valence electrons. The first-order valence-corrected chi connectivity index (χ1v) is 9.78. The maximum atomic E-state index is 12.3. The van der Waals surface area contributed by atoms with Gasteiger partial charge in [0.05, 0.1) is 16.5 Å². The van der Waals surface area contributed by atoms with E-state index < -0.39 is 21.0 Å². The number of amides is 1. The van der Waals surface area contributed by atoms with Crippen molar-refractivity contribution in [3.8, 4) is 0 Å². The van der Waals surface area contributed by atoms with Gasteiger partial charge in [0.25, 0.3) is 0 Å². The summed E-state index contributed by atoms with van der Waals surface area (Å²) >= 11 is 1.47. The maximum Gasteiger partial charge on any atom is 0.238 e. The average Bonchev–Trinajstić information content (AvgIpc) is 2.82. The van der Waals surface area contributed by atoms with Crippen molar-refractivity contribution in [3.05, 3.63) is 16.1 Å². The fourth-order valence-corrected chi connectivity index (χ4v) is 3.91. The molecule has 1 atom stereocenters. The smallest absolute Gasteiger partial charge is 0.238 e. The van der Waals surface area contributed by atoms with E-state index in [1.54, 1.807) is 5.38 Å². The molecule has 0 radical (unpaired) electrons. The number of nitrogens with one attached hydrogen (secondary N) is 1. The summed E-state index contributed by atoms with van der Waals surface area (Å²) < 4.78 is 24.5. The minimum atomic E-state index is -3.53. The van der Waals surface area contributed by atoms with E-state index in [1.165, 1.54) is 18.3 Å². The van der Waals surface area contributed by atoms with Gasteiger partial charge < -0.3 is 5.32 Å². The summed E-state index contributed by atoms with van der Waals surface area (Å²) in [5.74, 6) is -0.324. The third kappa shape index (κ3) is 5.74. The average molecular weight is 332 g/mol. The lowest BCUT2D eigenvalue weighted by molar-refractivity contribution is -0.120. The molecule has 0 aliphatic rings. The van der Waals surface area contributed by atoms with Crippen molar-refractivity contribution in [2.24, 2.45) is 5.92 Å². The van der Waals surface area contributed by atoms with Crippen LogP contribution in [0.2, 0.25) is 0 Å². The van der Waals surface area contributed by atoms with E-state index in [1.807, 2.05) is 13.8 Å². The lowest BCUT2D eigenvalue weighted by Crippen LogP contribution is -2.39. The number of aryl methyl sites for hydroxylation is 1. The van der Waals surface area contributed by atoms with E-state index >= 15 is 0 Å². The molecule has 0 aliphatic heterocycles. The van der Waals surface area contributed by atoms with Crippen molar-refractivity contribution in [1.29, 1.82) is 0 Å². The van der Waals surface area contributed by atoms with Crippen LogP contribution < -0.4 is 5.32 Å². The second kappa shape index (κ2) is 7.89. The Hall–Kier alpha value is -0.950. The normalized spacial score (nSPS) is 13.4. The molecule has 1 aromatic heterocycles. The Bertz CT molecular complexity index is 565. The molecular weight excluding hydrogens is 308 g/mol. The van der Waals surface area contributed by atoms with Crippen molar-refractivity contribution in [2.75, 3.05) is 6.54 Å². The van der Waals surface area contributed by atoms with Crippen molar-refractivity contribution in [2.45, 2.75) is 51.5 Å². The summed E-state index contributed by atoms with van der Waals surface area (Å²) in [5.41, 5.74) is 0.534. The van der Waals surface area contributed by atoms with Gasteiger partial charge >= 0.3 is 0 Å². The van der Waals surface area contributed by atoms with E-state index in [-0.39, 0.29) is 5.75 Å². The number of sulfone groups is 1. The number of hydrogen-bond donors (Lipinski definition) is 1. The van der Waals surface area contributed by atoms with Gasteiger partial charge in [-0.2, -0.15) is 0 Å². The monoisotopic (exact) mass is 332 g/mol. The van der Waals surface area contributed by atoms with Crippen molar-refractivity contribution in [1.82, 2.24) is 10.3 Å². The molecule has 1 aromatic rings. The Morgan fingerprint density at radius 2 is 2.05 bits per heavy atom. The van der Waals surface area contributed by atoms with Crippen LogP contribution >= 0.6 is 11.3 Å². The molecule has 1 heterocycles. The molecule has 0 aromatic carbocycles. The first-order chi connectivity index (χ1) is 9.76. The molecule has 7 heteroatoms. The predicted molar refractivity (Wildman–Crippen MR) is 86.0 cm³/mol. The summed E-state index contributed by atoms with van der Waals surface area (Å²) in [7, 11) is -3.53. The highest BCUT2D eigenvalue weighted by molar-refractivity contribution is 7.92. The summed E-state index contributed by atoms with van der Waals surface area (Å²) in [6.45, 7) is 7.90. The summed E-state index contributed by atoms with van der Waals surface area (Å²) in [6, 6.07) is 0. The molecule has 0 spiro atoms. The van der Waals surface area contributed by atoms with Gasteiger partial charge in [0.15, 0.2) is 9.84 Å². The molecule has 5 nitrogen and oxygen atoms in total. The number of nitrogens with zero attached hydrogens (tertiary/aromatic N) is 1. The zero-order valence-electron chi connectivity index (χ0n) is 13.0. The van der Waals surface area contributed by atoms with E-state index in [0.29, 0.717) is 18.2 Å². The summed E-state index contributed by atoms with van der Waals surface area (Å²) in [5, 5.41) is 4.32. The third-order valence-corrected chi connectivity index (χ3v) is 5.95. The number of rotatable bonds is 8. The minimum absolute atomic E-state index is 0.177. The van der Waals surface area contributed by atoms with Crippen LogP contribution in [0, 0.1) is 5.92 Å². The van der Waals surface area contributed by atoms with Crippen LogP contribution in [0.4, 0.5) is 0 Å². The van der Waals surface area contributed by atoms with Crippen molar-refractivity contribution < 1.29 is 13.2 Å². The third-order valence-electron chi connectivity index (χ3n) is 3.00. The van der Waals surface area contributed by atoms with Gasteiger partial charge in [0.2, 0.25) is 5.91 Å². The van der Waals surface area contributed by atoms with Gasteiger partial charge in [-0.05, 0) is 25.7 Å². The van der Waals surface area contributed by atoms with Crippen LogP contribution in [0.25, 0.3) is 0 Å². The Labute approximate surface area is 131 Å². The van der Waals surface area contributed by atoms with Crippen LogP contribution in [-0.4, -0.2) is 31.1 Å². The van der Waals surface area contributed by atoms with Gasteiger partial charge in [0.1, 0.15) is 5.25 Å². The molecule has 0 fully saturated rings. The quantitative estimate of drug-likeness (QED) is 0.791. The van der Waals surface area contributed by atoms with Gasteiger partial charge in [-0.25, -0.2) is 13.4 Å². The lowest BCUT2D eigenvalue weighted by Gasteiger charge is -2.13. The number of aromatic nitrogens is 1. The molecule has 0 saturated carbocycles. The van der Waals surface area contributed by atoms with Gasteiger partial charge in [-0.3, -0.25) is 4.79 Å². The molecular formula is C14H24N2O3S2. The van der Waals surface area contributed by atoms with Crippen molar-refractivity contribution >= 4 is 27.1 Å². The van der Waals surface area contributed by atoms with Crippen LogP contribution in [0.1, 0.15) is 44.8 Å². The number of carbonyl (C=O) groups is 1. The van der Waals surface area contributed by atoms with Crippen LogP contribution in [0.15, 0.2) is 5.38 Å². The van der Waals surface area contributed by atoms with E-state index in [0.717, 1.165) is 17.8 Å². The van der Waals surface area contributed by atoms with Gasteiger partial charge in [0, 0.05) is 11.9 Å². The molecule has 21 heavy (non-hydrogen) atoms. The maximum absolute atomic E-state index is 12.3. The Balaban J connectivity index is 2.68. The first-order valence-electron chi connectivity index (χ1n) is 7.18. The fraction of sp³-hybridized carbons (Fsp3) is 0.714. The summed E-state index contributed by atoms with van der Waals surface area (Å²) in [6.07, 6.45) is 1.84. The molecule has 1 N–H and O–H groups in total. The largest absolute Gasteiger partial charge is 0.355 e. The van der Waals surface area contributed by atoms with E-state index in [4.69, 9.17) is 0 Å². The standard InChI is InChI=1S/C14H24N2O3S2/c1-5-6-13-16-12(8-20-13)9-21(18,19)11(4)14(17)15-7-10(2)3/h8,10-11H,5-7,9H2,1-4H3,(H,15,17). The summed E-state index contributed by atoms with van der Waals surface area (Å²) in [4.78, 5) is 16.2. The number of hydrogen-bond acceptors (Lipinski definition) is 5. The molecule has 1 rings (SSSR count). The zero-order chi connectivity index (χ0) is 16.0. The highest BCUT2D eigenvalue weighted by Gasteiger charge is 2.28. The Morgan fingerprint density at radius 3 is 2.62 bits per heavy atom. The predicted octanol–water partition coefficient (Wildman–Crippen LogP) is 2.17. The number of thiazole rings is 1. The molecule has 1 unspecified atom stereocenters. The Morgan fingerprint density at radius 1 is 1.38 bits per heavy atom. The highest BCUT2D eigenvalue weighted by atomic mass is 32.2. The molecule has 0 saturated heterocycles. The Kier molecular flexibility index (Phi) is 6.80. The zero-order valence-corrected chi connectivity index (χ0v) is 14.7.